The third-order valence-corrected chi connectivity index (χ3v) is 6.84. The highest BCUT2D eigenvalue weighted by Crippen LogP contribution is 2.21. The van der Waals surface area contributed by atoms with E-state index in [1.54, 1.807) is 20.0 Å². The van der Waals surface area contributed by atoms with Gasteiger partial charge in [-0.2, -0.15) is 0 Å². The van der Waals surface area contributed by atoms with Crippen LogP contribution in [0.1, 0.15) is 52.5 Å². The Labute approximate surface area is 217 Å². The molecule has 0 radical (unpaired) electrons. The molecule has 4 unspecified atom stereocenters. The van der Waals surface area contributed by atoms with Gasteiger partial charge in [0.1, 0.15) is 18.1 Å². The highest BCUT2D eigenvalue weighted by atomic mass is 16.4. The van der Waals surface area contributed by atoms with Crippen molar-refractivity contribution in [2.45, 2.75) is 77.5 Å². The zero-order valence-electron chi connectivity index (χ0n) is 22.0. The molecule has 4 atom stereocenters. The maximum absolute atomic E-state index is 13.2. The number of hydrogen-bond acceptors (Lipinski definition) is 5. The SMILES string of the molecule is CC(C)CC(N)C(=O)N1CCCC1C(=O)NC(C(=O)NC(Cc1c[nH]c2ccccc12)C(=O)O)C(C)C. The van der Waals surface area contributed by atoms with Gasteiger partial charge in [-0.3, -0.25) is 14.4 Å². The van der Waals surface area contributed by atoms with Gasteiger partial charge in [0.25, 0.3) is 0 Å². The normalized spacial score (nSPS) is 18.1. The van der Waals surface area contributed by atoms with E-state index in [-0.39, 0.29) is 24.2 Å². The number of amides is 3. The summed E-state index contributed by atoms with van der Waals surface area (Å²) in [6.45, 7) is 7.95. The van der Waals surface area contributed by atoms with Crippen molar-refractivity contribution in [3.63, 3.8) is 0 Å². The van der Waals surface area contributed by atoms with Crippen LogP contribution in [0.15, 0.2) is 30.5 Å². The van der Waals surface area contributed by atoms with Gasteiger partial charge in [0.05, 0.1) is 6.04 Å². The van der Waals surface area contributed by atoms with Gasteiger partial charge in [-0.1, -0.05) is 45.9 Å². The average Bonchev–Trinajstić information content (AvgIpc) is 3.48. The molecule has 202 valence electrons. The molecule has 3 amide bonds. The number of aliphatic carboxylic acids is 1. The van der Waals surface area contributed by atoms with Crippen molar-refractivity contribution < 1.29 is 24.3 Å². The summed E-state index contributed by atoms with van der Waals surface area (Å²) in [4.78, 5) is 55.9. The second-order valence-corrected chi connectivity index (χ2v) is 10.6. The Kier molecular flexibility index (Phi) is 9.31. The van der Waals surface area contributed by atoms with E-state index < -0.39 is 42.0 Å². The number of benzene rings is 1. The predicted molar refractivity (Wildman–Crippen MR) is 141 cm³/mol. The first-order valence-electron chi connectivity index (χ1n) is 12.9. The second kappa shape index (κ2) is 12.2. The minimum atomic E-state index is -1.18. The van der Waals surface area contributed by atoms with E-state index in [0.717, 1.165) is 16.5 Å². The quantitative estimate of drug-likeness (QED) is 0.308. The lowest BCUT2D eigenvalue weighted by molar-refractivity contribution is -0.143. The fourth-order valence-corrected chi connectivity index (χ4v) is 4.89. The lowest BCUT2D eigenvalue weighted by atomic mass is 10.00. The largest absolute Gasteiger partial charge is 0.480 e. The number of rotatable bonds is 11. The molecule has 2 heterocycles. The minimum absolute atomic E-state index is 0.0858. The molecule has 0 bridgehead atoms. The van der Waals surface area contributed by atoms with Crippen molar-refractivity contribution in [1.82, 2.24) is 20.5 Å². The number of carboxylic acid groups (broad SMARTS) is 1. The highest BCUT2D eigenvalue weighted by Gasteiger charge is 2.38. The van der Waals surface area contributed by atoms with Crippen LogP contribution < -0.4 is 16.4 Å². The molecule has 2 aromatic rings. The van der Waals surface area contributed by atoms with Crippen LogP contribution in [0.4, 0.5) is 0 Å². The summed E-state index contributed by atoms with van der Waals surface area (Å²) < 4.78 is 0. The number of carbonyl (C=O) groups is 4. The Balaban J connectivity index is 1.69. The first kappa shape index (κ1) is 28.2. The molecule has 1 aliphatic rings. The molecular weight excluding hydrogens is 474 g/mol. The van der Waals surface area contributed by atoms with Crippen molar-refractivity contribution in [3.05, 3.63) is 36.0 Å². The number of nitrogens with two attached hydrogens (primary N) is 1. The van der Waals surface area contributed by atoms with E-state index in [0.29, 0.717) is 25.8 Å². The van der Waals surface area contributed by atoms with E-state index >= 15 is 0 Å². The van der Waals surface area contributed by atoms with Crippen molar-refractivity contribution in [3.8, 4) is 0 Å². The Hall–Kier alpha value is -3.40. The first-order chi connectivity index (χ1) is 17.5. The third-order valence-electron chi connectivity index (χ3n) is 6.84. The number of para-hydroxylation sites is 1. The first-order valence-corrected chi connectivity index (χ1v) is 12.9. The molecule has 3 rings (SSSR count). The number of carboxylic acids is 1. The summed E-state index contributed by atoms with van der Waals surface area (Å²) in [6.07, 6.45) is 3.50. The van der Waals surface area contributed by atoms with E-state index in [2.05, 4.69) is 15.6 Å². The molecule has 0 saturated carbocycles. The second-order valence-electron chi connectivity index (χ2n) is 10.6. The van der Waals surface area contributed by atoms with Crippen LogP contribution in [0.3, 0.4) is 0 Å². The fourth-order valence-electron chi connectivity index (χ4n) is 4.89. The van der Waals surface area contributed by atoms with Gasteiger partial charge in [0.2, 0.25) is 17.7 Å². The third kappa shape index (κ3) is 6.88. The molecule has 10 heteroatoms. The molecule has 1 saturated heterocycles. The van der Waals surface area contributed by atoms with Crippen LogP contribution in [0, 0.1) is 11.8 Å². The van der Waals surface area contributed by atoms with Crippen molar-refractivity contribution in [2.75, 3.05) is 6.54 Å². The predicted octanol–water partition coefficient (Wildman–Crippen LogP) is 1.79. The smallest absolute Gasteiger partial charge is 0.326 e. The lowest BCUT2D eigenvalue weighted by Gasteiger charge is -2.30. The minimum Gasteiger partial charge on any atom is -0.480 e. The van der Waals surface area contributed by atoms with Gasteiger partial charge in [-0.15, -0.1) is 0 Å². The highest BCUT2D eigenvalue weighted by molar-refractivity contribution is 5.94. The summed E-state index contributed by atoms with van der Waals surface area (Å²) in [5.74, 6) is -2.50. The summed E-state index contributed by atoms with van der Waals surface area (Å²) in [7, 11) is 0. The van der Waals surface area contributed by atoms with Crippen LogP contribution in [0.5, 0.6) is 0 Å². The molecule has 37 heavy (non-hydrogen) atoms. The van der Waals surface area contributed by atoms with Gasteiger partial charge in [0.15, 0.2) is 0 Å². The monoisotopic (exact) mass is 513 g/mol. The zero-order chi connectivity index (χ0) is 27.3. The standard InChI is InChI=1S/C27H39N5O5/c1-15(2)12-19(28)26(35)32-11-7-10-22(32)24(33)31-23(16(3)4)25(34)30-21(27(36)37)13-17-14-29-20-9-6-5-8-18(17)20/h5-6,8-9,14-16,19,21-23,29H,7,10-13,28H2,1-4H3,(H,30,34)(H,31,33)(H,36,37). The summed E-state index contributed by atoms with van der Waals surface area (Å²) in [5.41, 5.74) is 7.73. The maximum atomic E-state index is 13.2. The maximum Gasteiger partial charge on any atom is 0.326 e. The Morgan fingerprint density at radius 1 is 1.14 bits per heavy atom. The van der Waals surface area contributed by atoms with Crippen LogP contribution in [-0.2, 0) is 25.6 Å². The van der Waals surface area contributed by atoms with Gasteiger partial charge in [-0.25, -0.2) is 4.79 Å². The summed E-state index contributed by atoms with van der Waals surface area (Å²) in [5, 5.41) is 16.1. The van der Waals surface area contributed by atoms with Gasteiger partial charge < -0.3 is 31.4 Å². The molecule has 1 fully saturated rings. The van der Waals surface area contributed by atoms with E-state index in [1.807, 2.05) is 38.1 Å². The van der Waals surface area contributed by atoms with E-state index in [4.69, 9.17) is 5.73 Å². The van der Waals surface area contributed by atoms with Crippen molar-refractivity contribution >= 4 is 34.6 Å². The van der Waals surface area contributed by atoms with E-state index in [9.17, 15) is 24.3 Å². The number of nitrogens with zero attached hydrogens (tertiary/aromatic N) is 1. The van der Waals surface area contributed by atoms with E-state index in [1.165, 1.54) is 4.90 Å². The lowest BCUT2D eigenvalue weighted by Crippen LogP contribution is -2.58. The van der Waals surface area contributed by atoms with Gasteiger partial charge in [0, 0.05) is 30.1 Å². The van der Waals surface area contributed by atoms with Crippen molar-refractivity contribution in [1.29, 1.82) is 0 Å². The molecule has 0 spiro atoms. The molecule has 1 aromatic carbocycles. The molecule has 1 aromatic heterocycles. The molecular formula is C27H39N5O5. The Morgan fingerprint density at radius 3 is 2.49 bits per heavy atom. The van der Waals surface area contributed by atoms with Gasteiger partial charge in [-0.05, 0) is 42.7 Å². The molecule has 1 aliphatic heterocycles. The number of carbonyl (C=O) groups excluding carboxylic acids is 3. The number of H-pyrrole nitrogens is 1. The van der Waals surface area contributed by atoms with Crippen LogP contribution in [0.2, 0.25) is 0 Å². The average molecular weight is 514 g/mol. The fraction of sp³-hybridized carbons (Fsp3) is 0.556. The summed E-state index contributed by atoms with van der Waals surface area (Å²) >= 11 is 0. The zero-order valence-corrected chi connectivity index (χ0v) is 22.0. The van der Waals surface area contributed by atoms with Gasteiger partial charge >= 0.3 is 5.97 Å². The topological polar surface area (TPSA) is 158 Å². The molecule has 10 nitrogen and oxygen atoms in total. The van der Waals surface area contributed by atoms with Crippen LogP contribution in [-0.4, -0.2) is 69.4 Å². The number of hydrogen-bond donors (Lipinski definition) is 5. The number of aromatic nitrogens is 1. The summed E-state index contributed by atoms with van der Waals surface area (Å²) in [6, 6.07) is 4.00. The van der Waals surface area contributed by atoms with Crippen LogP contribution in [0.25, 0.3) is 10.9 Å². The molecule has 6 N–H and O–H groups in total. The number of fused-ring (bicyclic) bond motifs is 1. The van der Waals surface area contributed by atoms with Crippen LogP contribution >= 0.6 is 0 Å². The number of likely N-dealkylation sites (tertiary alicyclic amines) is 1. The molecule has 0 aliphatic carbocycles. The Morgan fingerprint density at radius 2 is 1.84 bits per heavy atom. The number of nitrogens with one attached hydrogen (secondary N) is 3. The number of aromatic amines is 1. The Bertz CT molecular complexity index is 1130. The van der Waals surface area contributed by atoms with Crippen molar-refractivity contribution in [2.24, 2.45) is 17.6 Å².